The first-order valence-electron chi connectivity index (χ1n) is 7.24. The van der Waals surface area contributed by atoms with E-state index in [0.29, 0.717) is 6.42 Å². The third kappa shape index (κ3) is 3.48. The number of carboxylic acids is 1. The Bertz CT molecular complexity index is 510. The highest BCUT2D eigenvalue weighted by Crippen LogP contribution is 2.43. The van der Waals surface area contributed by atoms with Gasteiger partial charge in [-0.3, -0.25) is 9.59 Å². The van der Waals surface area contributed by atoms with Crippen LogP contribution in [0, 0.1) is 19.3 Å². The van der Waals surface area contributed by atoms with E-state index in [4.69, 9.17) is 5.11 Å². The molecule has 0 unspecified atom stereocenters. The molecule has 1 heterocycles. The summed E-state index contributed by atoms with van der Waals surface area (Å²) in [4.78, 5) is 25.9. The SMILES string of the molecule is Cc1cc(C(=O)CC2(CC(=O)O)CCCCC2)c(C)s1. The Balaban J connectivity index is 2.17. The van der Waals surface area contributed by atoms with E-state index in [9.17, 15) is 9.59 Å². The molecule has 1 aliphatic rings. The van der Waals surface area contributed by atoms with Crippen LogP contribution < -0.4 is 0 Å². The summed E-state index contributed by atoms with van der Waals surface area (Å²) < 4.78 is 0. The van der Waals surface area contributed by atoms with Crippen LogP contribution in [0.25, 0.3) is 0 Å². The number of ketones is 1. The van der Waals surface area contributed by atoms with Crippen LogP contribution >= 0.6 is 11.3 Å². The van der Waals surface area contributed by atoms with Crippen LogP contribution in [0.2, 0.25) is 0 Å². The van der Waals surface area contributed by atoms with Gasteiger partial charge in [-0.25, -0.2) is 0 Å². The van der Waals surface area contributed by atoms with Gasteiger partial charge in [0.15, 0.2) is 5.78 Å². The number of hydrogen-bond donors (Lipinski definition) is 1. The Morgan fingerprint density at radius 1 is 1.20 bits per heavy atom. The van der Waals surface area contributed by atoms with Gasteiger partial charge in [0, 0.05) is 21.7 Å². The highest BCUT2D eigenvalue weighted by molar-refractivity contribution is 7.12. The maximum atomic E-state index is 12.5. The van der Waals surface area contributed by atoms with Gasteiger partial charge in [0.2, 0.25) is 0 Å². The lowest BCUT2D eigenvalue weighted by molar-refractivity contribution is -0.140. The van der Waals surface area contributed by atoms with Crippen molar-refractivity contribution in [2.24, 2.45) is 5.41 Å². The smallest absolute Gasteiger partial charge is 0.303 e. The molecule has 1 fully saturated rings. The van der Waals surface area contributed by atoms with Gasteiger partial charge >= 0.3 is 5.97 Å². The highest BCUT2D eigenvalue weighted by Gasteiger charge is 2.37. The molecule has 1 saturated carbocycles. The second-order valence-corrected chi connectivity index (χ2v) is 7.52. The number of carbonyl (C=O) groups is 2. The van der Waals surface area contributed by atoms with Crippen LogP contribution in [0.3, 0.4) is 0 Å². The van der Waals surface area contributed by atoms with Crippen molar-refractivity contribution in [1.82, 2.24) is 0 Å². The van der Waals surface area contributed by atoms with E-state index in [2.05, 4.69) is 0 Å². The monoisotopic (exact) mass is 294 g/mol. The molecular weight excluding hydrogens is 272 g/mol. The summed E-state index contributed by atoms with van der Waals surface area (Å²) in [6.07, 6.45) is 5.49. The van der Waals surface area contributed by atoms with Gasteiger partial charge in [-0.2, -0.15) is 0 Å². The van der Waals surface area contributed by atoms with Crippen molar-refractivity contribution in [2.75, 3.05) is 0 Å². The van der Waals surface area contributed by atoms with E-state index < -0.39 is 5.97 Å². The first-order chi connectivity index (χ1) is 9.42. The maximum absolute atomic E-state index is 12.5. The van der Waals surface area contributed by atoms with Crippen LogP contribution in [-0.4, -0.2) is 16.9 Å². The molecule has 110 valence electrons. The number of carbonyl (C=O) groups excluding carboxylic acids is 1. The summed E-state index contributed by atoms with van der Waals surface area (Å²) in [6, 6.07) is 1.94. The lowest BCUT2D eigenvalue weighted by atomic mass is 9.68. The summed E-state index contributed by atoms with van der Waals surface area (Å²) in [7, 11) is 0. The predicted octanol–water partition coefficient (Wildman–Crippen LogP) is 4.36. The van der Waals surface area contributed by atoms with Gasteiger partial charge in [0.25, 0.3) is 0 Å². The zero-order valence-electron chi connectivity index (χ0n) is 12.2. The van der Waals surface area contributed by atoms with E-state index in [1.165, 1.54) is 0 Å². The fourth-order valence-electron chi connectivity index (χ4n) is 3.38. The minimum Gasteiger partial charge on any atom is -0.481 e. The summed E-state index contributed by atoms with van der Waals surface area (Å²) >= 11 is 1.64. The molecule has 0 bridgehead atoms. The lowest BCUT2D eigenvalue weighted by Crippen LogP contribution is -2.30. The van der Waals surface area contributed by atoms with Crippen molar-refractivity contribution >= 4 is 23.1 Å². The molecule has 1 aromatic rings. The van der Waals surface area contributed by atoms with Gasteiger partial charge < -0.3 is 5.11 Å². The molecule has 0 atom stereocenters. The van der Waals surface area contributed by atoms with E-state index in [1.807, 2.05) is 19.9 Å². The molecular formula is C16H22O3S. The minimum absolute atomic E-state index is 0.120. The Labute approximate surface area is 124 Å². The van der Waals surface area contributed by atoms with Crippen molar-refractivity contribution in [3.8, 4) is 0 Å². The van der Waals surface area contributed by atoms with Crippen LogP contribution in [0.5, 0.6) is 0 Å². The molecule has 0 aromatic carbocycles. The largest absolute Gasteiger partial charge is 0.481 e. The zero-order valence-corrected chi connectivity index (χ0v) is 13.0. The standard InChI is InChI=1S/C16H22O3S/c1-11-8-13(12(2)20-11)14(17)9-16(10-15(18)19)6-4-3-5-7-16/h8H,3-7,9-10H2,1-2H3,(H,18,19). The molecule has 3 nitrogen and oxygen atoms in total. The number of hydrogen-bond acceptors (Lipinski definition) is 3. The normalized spacial score (nSPS) is 17.9. The minimum atomic E-state index is -0.780. The lowest BCUT2D eigenvalue weighted by Gasteiger charge is -2.35. The molecule has 2 rings (SSSR count). The molecule has 1 aromatic heterocycles. The summed E-state index contributed by atoms with van der Waals surface area (Å²) in [5.74, 6) is -0.659. The van der Waals surface area contributed by atoms with E-state index in [0.717, 1.165) is 47.4 Å². The average Bonchev–Trinajstić information content (AvgIpc) is 2.68. The van der Waals surface area contributed by atoms with Crippen LogP contribution in [0.1, 0.15) is 65.1 Å². The average molecular weight is 294 g/mol. The second-order valence-electron chi connectivity index (χ2n) is 6.06. The fourth-order valence-corrected chi connectivity index (χ4v) is 4.32. The number of rotatable bonds is 5. The Morgan fingerprint density at radius 3 is 2.35 bits per heavy atom. The van der Waals surface area contributed by atoms with E-state index in [-0.39, 0.29) is 17.6 Å². The molecule has 0 spiro atoms. The Hall–Kier alpha value is -1.16. The van der Waals surface area contributed by atoms with Gasteiger partial charge in [-0.15, -0.1) is 11.3 Å². The van der Waals surface area contributed by atoms with Crippen molar-refractivity contribution in [2.45, 2.75) is 58.8 Å². The number of thiophene rings is 1. The molecule has 4 heteroatoms. The van der Waals surface area contributed by atoms with Crippen LogP contribution in [-0.2, 0) is 4.79 Å². The first-order valence-corrected chi connectivity index (χ1v) is 8.06. The van der Waals surface area contributed by atoms with Gasteiger partial charge in [0.05, 0.1) is 6.42 Å². The Kier molecular flexibility index (Phi) is 4.63. The molecule has 0 radical (unpaired) electrons. The number of aryl methyl sites for hydroxylation is 2. The second kappa shape index (κ2) is 6.08. The predicted molar refractivity (Wildman–Crippen MR) is 80.5 cm³/mol. The summed E-state index contributed by atoms with van der Waals surface area (Å²) in [5.41, 5.74) is 0.478. The van der Waals surface area contributed by atoms with Gasteiger partial charge in [-0.1, -0.05) is 19.3 Å². The van der Waals surface area contributed by atoms with Crippen LogP contribution in [0.15, 0.2) is 6.07 Å². The number of carboxylic acid groups (broad SMARTS) is 1. The molecule has 1 aliphatic carbocycles. The summed E-state index contributed by atoms with van der Waals surface area (Å²) in [5, 5.41) is 9.16. The third-order valence-electron chi connectivity index (χ3n) is 4.32. The molecule has 0 aliphatic heterocycles. The van der Waals surface area contributed by atoms with Gasteiger partial charge in [0.1, 0.15) is 0 Å². The fraction of sp³-hybridized carbons (Fsp3) is 0.625. The highest BCUT2D eigenvalue weighted by atomic mass is 32.1. The van der Waals surface area contributed by atoms with Crippen molar-refractivity contribution in [3.63, 3.8) is 0 Å². The molecule has 1 N–H and O–H groups in total. The Morgan fingerprint density at radius 2 is 1.85 bits per heavy atom. The molecule has 0 saturated heterocycles. The number of Topliss-reactive ketones (excluding diaryl/α,β-unsaturated/α-hetero) is 1. The molecule has 0 amide bonds. The quantitative estimate of drug-likeness (QED) is 0.821. The van der Waals surface area contributed by atoms with Crippen molar-refractivity contribution in [3.05, 3.63) is 21.4 Å². The number of aliphatic carboxylic acids is 1. The van der Waals surface area contributed by atoms with Gasteiger partial charge in [-0.05, 0) is 38.2 Å². The topological polar surface area (TPSA) is 54.4 Å². The zero-order chi connectivity index (χ0) is 14.8. The van der Waals surface area contributed by atoms with E-state index in [1.54, 1.807) is 11.3 Å². The van der Waals surface area contributed by atoms with Crippen LogP contribution in [0.4, 0.5) is 0 Å². The molecule has 20 heavy (non-hydrogen) atoms. The van der Waals surface area contributed by atoms with Crippen molar-refractivity contribution < 1.29 is 14.7 Å². The van der Waals surface area contributed by atoms with Crippen molar-refractivity contribution in [1.29, 1.82) is 0 Å². The van der Waals surface area contributed by atoms with E-state index >= 15 is 0 Å². The first kappa shape index (κ1) is 15.2. The third-order valence-corrected chi connectivity index (χ3v) is 5.28. The summed E-state index contributed by atoms with van der Waals surface area (Å²) in [6.45, 7) is 3.97. The maximum Gasteiger partial charge on any atom is 0.303 e.